The summed E-state index contributed by atoms with van der Waals surface area (Å²) in [6.45, 7) is 4.69. The number of nitrogens with zero attached hydrogens (tertiary/aromatic N) is 1. The van der Waals surface area contributed by atoms with Crippen LogP contribution < -0.4 is 9.47 Å². The zero-order valence-electron chi connectivity index (χ0n) is 12.3. The first kappa shape index (κ1) is 13.7. The van der Waals surface area contributed by atoms with Gasteiger partial charge in [-0.05, 0) is 49.4 Å². The van der Waals surface area contributed by atoms with Crippen LogP contribution in [-0.4, -0.2) is 42.9 Å². The topological polar surface area (TPSA) is 41.9 Å². The molecule has 0 unspecified atom stereocenters. The van der Waals surface area contributed by atoms with Crippen molar-refractivity contribution in [2.24, 2.45) is 0 Å². The third-order valence-electron chi connectivity index (χ3n) is 4.44. The number of methoxy groups -OCH3 is 1. The Bertz CT molecular complexity index is 489. The van der Waals surface area contributed by atoms with Gasteiger partial charge < -0.3 is 14.6 Å². The van der Waals surface area contributed by atoms with Gasteiger partial charge in [-0.25, -0.2) is 0 Å². The van der Waals surface area contributed by atoms with Gasteiger partial charge in [0.1, 0.15) is 0 Å². The Kier molecular flexibility index (Phi) is 3.85. The van der Waals surface area contributed by atoms with Crippen LogP contribution in [0.2, 0.25) is 0 Å². The lowest BCUT2D eigenvalue weighted by Gasteiger charge is -2.42. The molecule has 3 rings (SSSR count). The van der Waals surface area contributed by atoms with Gasteiger partial charge >= 0.3 is 0 Å². The molecule has 1 N–H and O–H groups in total. The van der Waals surface area contributed by atoms with Crippen molar-refractivity contribution in [3.63, 3.8) is 0 Å². The van der Waals surface area contributed by atoms with Gasteiger partial charge in [0.15, 0.2) is 11.5 Å². The molecule has 1 fully saturated rings. The normalized spacial score (nSPS) is 25.8. The zero-order valence-corrected chi connectivity index (χ0v) is 12.3. The molecule has 1 aromatic carbocycles. The summed E-state index contributed by atoms with van der Waals surface area (Å²) >= 11 is 0. The third kappa shape index (κ3) is 2.38. The van der Waals surface area contributed by atoms with Crippen LogP contribution >= 0.6 is 0 Å². The minimum atomic E-state index is -0.181. The molecule has 0 bridgehead atoms. The highest BCUT2D eigenvalue weighted by Gasteiger charge is 2.33. The van der Waals surface area contributed by atoms with E-state index in [-0.39, 0.29) is 6.10 Å². The van der Waals surface area contributed by atoms with Gasteiger partial charge in [-0.3, -0.25) is 4.90 Å². The van der Waals surface area contributed by atoms with E-state index in [2.05, 4.69) is 17.0 Å². The van der Waals surface area contributed by atoms with E-state index in [0.717, 1.165) is 43.9 Å². The van der Waals surface area contributed by atoms with E-state index in [1.54, 1.807) is 7.11 Å². The van der Waals surface area contributed by atoms with Gasteiger partial charge in [0.2, 0.25) is 0 Å². The van der Waals surface area contributed by atoms with Gasteiger partial charge in [-0.2, -0.15) is 0 Å². The highest BCUT2D eigenvalue weighted by molar-refractivity contribution is 5.49. The number of fused-ring (bicyclic) bond motifs is 3. The van der Waals surface area contributed by atoms with Gasteiger partial charge in [0, 0.05) is 19.1 Å². The number of rotatable bonds is 3. The SMILES string of the molecule is CCOc1cc2c(cc1OC)[C@H]1C[C@H](O)CCN1CC2. The molecule has 2 aliphatic rings. The monoisotopic (exact) mass is 277 g/mol. The van der Waals surface area contributed by atoms with Crippen molar-refractivity contribution in [1.29, 1.82) is 0 Å². The van der Waals surface area contributed by atoms with Crippen molar-refractivity contribution in [3.05, 3.63) is 23.3 Å². The second kappa shape index (κ2) is 5.62. The number of aliphatic hydroxyl groups is 1. The predicted octanol–water partition coefficient (Wildman–Crippen LogP) is 2.15. The van der Waals surface area contributed by atoms with Crippen LogP contribution in [0.4, 0.5) is 0 Å². The van der Waals surface area contributed by atoms with Crippen molar-refractivity contribution in [1.82, 2.24) is 4.90 Å². The lowest BCUT2D eigenvalue weighted by molar-refractivity contribution is 0.0359. The lowest BCUT2D eigenvalue weighted by atomic mass is 9.85. The minimum Gasteiger partial charge on any atom is -0.493 e. The van der Waals surface area contributed by atoms with Crippen molar-refractivity contribution in [2.45, 2.75) is 38.3 Å². The second-order valence-corrected chi connectivity index (χ2v) is 5.61. The number of hydrogen-bond acceptors (Lipinski definition) is 4. The molecule has 0 amide bonds. The zero-order chi connectivity index (χ0) is 14.1. The van der Waals surface area contributed by atoms with Crippen LogP contribution in [0.15, 0.2) is 12.1 Å². The molecule has 2 atom stereocenters. The molecule has 1 saturated heterocycles. The maximum absolute atomic E-state index is 9.96. The predicted molar refractivity (Wildman–Crippen MR) is 77.4 cm³/mol. The molecule has 20 heavy (non-hydrogen) atoms. The fourth-order valence-corrected chi connectivity index (χ4v) is 3.42. The fraction of sp³-hybridized carbons (Fsp3) is 0.625. The maximum atomic E-state index is 9.96. The van der Waals surface area contributed by atoms with E-state index in [9.17, 15) is 5.11 Å². The molecule has 0 aromatic heterocycles. The third-order valence-corrected chi connectivity index (χ3v) is 4.44. The van der Waals surface area contributed by atoms with Gasteiger partial charge in [0.05, 0.1) is 19.8 Å². The summed E-state index contributed by atoms with van der Waals surface area (Å²) in [5.74, 6) is 1.63. The Hall–Kier alpha value is -1.26. The molecule has 2 heterocycles. The maximum Gasteiger partial charge on any atom is 0.161 e. The number of aliphatic hydroxyl groups excluding tert-OH is 1. The summed E-state index contributed by atoms with van der Waals surface area (Å²) in [4.78, 5) is 2.48. The summed E-state index contributed by atoms with van der Waals surface area (Å²) in [5.41, 5.74) is 2.64. The molecule has 110 valence electrons. The molecule has 0 saturated carbocycles. The smallest absolute Gasteiger partial charge is 0.161 e. The molecule has 0 spiro atoms. The first-order valence-corrected chi connectivity index (χ1v) is 7.48. The molecule has 2 aliphatic heterocycles. The van der Waals surface area contributed by atoms with Crippen molar-refractivity contribution < 1.29 is 14.6 Å². The second-order valence-electron chi connectivity index (χ2n) is 5.61. The van der Waals surface area contributed by atoms with E-state index in [4.69, 9.17) is 9.47 Å². The Morgan fingerprint density at radius 3 is 2.90 bits per heavy atom. The van der Waals surface area contributed by atoms with Gasteiger partial charge in [-0.15, -0.1) is 0 Å². The van der Waals surface area contributed by atoms with Crippen molar-refractivity contribution >= 4 is 0 Å². The Morgan fingerprint density at radius 2 is 2.15 bits per heavy atom. The molecule has 0 radical (unpaired) electrons. The molecular formula is C16H23NO3. The molecule has 4 heteroatoms. The summed E-state index contributed by atoms with van der Waals surface area (Å²) in [5, 5.41) is 9.96. The van der Waals surface area contributed by atoms with Crippen molar-refractivity contribution in [2.75, 3.05) is 26.8 Å². The molecule has 1 aromatic rings. The summed E-state index contributed by atoms with van der Waals surface area (Å²) in [6.07, 6.45) is 2.58. The van der Waals surface area contributed by atoms with E-state index in [1.807, 2.05) is 6.92 Å². The molecule has 0 aliphatic carbocycles. The Morgan fingerprint density at radius 1 is 1.30 bits per heavy atom. The highest BCUT2D eigenvalue weighted by Crippen LogP contribution is 2.41. The largest absolute Gasteiger partial charge is 0.493 e. The first-order chi connectivity index (χ1) is 9.72. The van der Waals surface area contributed by atoms with Gasteiger partial charge in [-0.1, -0.05) is 0 Å². The average molecular weight is 277 g/mol. The number of benzene rings is 1. The summed E-state index contributed by atoms with van der Waals surface area (Å²) in [6, 6.07) is 4.55. The van der Waals surface area contributed by atoms with E-state index in [1.165, 1.54) is 11.1 Å². The number of hydrogen-bond donors (Lipinski definition) is 1. The van der Waals surface area contributed by atoms with Crippen LogP contribution in [0, 0.1) is 0 Å². The first-order valence-electron chi connectivity index (χ1n) is 7.48. The standard InChI is InChI=1S/C16H23NO3/c1-3-20-16-8-11-4-6-17-7-5-12(18)9-14(17)13(11)10-15(16)19-2/h8,10,12,14,18H,3-7,9H2,1-2H3/t12-,14-/m1/s1. The lowest BCUT2D eigenvalue weighted by Crippen LogP contribution is -2.42. The summed E-state index contributed by atoms with van der Waals surface area (Å²) in [7, 11) is 1.68. The number of ether oxygens (including phenoxy) is 2. The van der Waals surface area contributed by atoms with Crippen LogP contribution in [0.1, 0.15) is 36.9 Å². The van der Waals surface area contributed by atoms with Crippen LogP contribution in [0.5, 0.6) is 11.5 Å². The fourth-order valence-electron chi connectivity index (χ4n) is 3.42. The van der Waals surface area contributed by atoms with Gasteiger partial charge in [0.25, 0.3) is 0 Å². The molecular weight excluding hydrogens is 254 g/mol. The number of piperidine rings is 1. The van der Waals surface area contributed by atoms with Crippen LogP contribution in [0.3, 0.4) is 0 Å². The van der Waals surface area contributed by atoms with Crippen molar-refractivity contribution in [3.8, 4) is 11.5 Å². The van der Waals surface area contributed by atoms with E-state index < -0.39 is 0 Å². The Balaban J connectivity index is 1.98. The Labute approximate surface area is 120 Å². The highest BCUT2D eigenvalue weighted by atomic mass is 16.5. The van der Waals surface area contributed by atoms with E-state index >= 15 is 0 Å². The minimum absolute atomic E-state index is 0.181. The van der Waals surface area contributed by atoms with Crippen LogP contribution in [-0.2, 0) is 6.42 Å². The molecule has 4 nitrogen and oxygen atoms in total. The average Bonchev–Trinajstić information content (AvgIpc) is 2.46. The van der Waals surface area contributed by atoms with E-state index in [0.29, 0.717) is 12.6 Å². The summed E-state index contributed by atoms with van der Waals surface area (Å²) < 4.78 is 11.1. The van der Waals surface area contributed by atoms with Crippen LogP contribution in [0.25, 0.3) is 0 Å². The quantitative estimate of drug-likeness (QED) is 0.919.